The van der Waals surface area contributed by atoms with Gasteiger partial charge in [0.2, 0.25) is 0 Å². The van der Waals surface area contributed by atoms with Crippen molar-refractivity contribution in [3.63, 3.8) is 0 Å². The predicted molar refractivity (Wildman–Crippen MR) is 68.3 cm³/mol. The first-order valence-corrected chi connectivity index (χ1v) is 6.37. The summed E-state index contributed by atoms with van der Waals surface area (Å²) >= 11 is 0. The zero-order chi connectivity index (χ0) is 12.9. The van der Waals surface area contributed by atoms with Crippen LogP contribution in [0, 0.1) is 0 Å². The van der Waals surface area contributed by atoms with Crippen LogP contribution in [0.25, 0.3) is 0 Å². The maximum atomic E-state index is 11.1. The van der Waals surface area contributed by atoms with E-state index >= 15 is 0 Å². The van der Waals surface area contributed by atoms with Crippen LogP contribution in [-0.4, -0.2) is 72.7 Å². The lowest BCUT2D eigenvalue weighted by Crippen LogP contribution is -2.52. The number of hydrogen-bond acceptors (Lipinski definition) is 4. The number of carboxylic acid groups (broad SMARTS) is 1. The number of hydrogen-bond donors (Lipinski definition) is 2. The molecule has 0 aromatic rings. The van der Waals surface area contributed by atoms with Gasteiger partial charge in [-0.05, 0) is 20.4 Å². The summed E-state index contributed by atoms with van der Waals surface area (Å²) in [6.45, 7) is 9.67. The fourth-order valence-electron chi connectivity index (χ4n) is 1.91. The predicted octanol–water partition coefficient (Wildman–Crippen LogP) is 0.0767. The minimum Gasteiger partial charge on any atom is -0.480 e. The molecule has 5 nitrogen and oxygen atoms in total. The number of aliphatic carboxylic acids is 1. The van der Waals surface area contributed by atoms with Gasteiger partial charge < -0.3 is 15.3 Å². The van der Waals surface area contributed by atoms with E-state index < -0.39 is 11.5 Å². The first-order chi connectivity index (χ1) is 7.98. The zero-order valence-corrected chi connectivity index (χ0v) is 11.2. The van der Waals surface area contributed by atoms with Gasteiger partial charge in [0.25, 0.3) is 0 Å². The van der Waals surface area contributed by atoms with E-state index in [2.05, 4.69) is 22.2 Å². The van der Waals surface area contributed by atoms with Crippen LogP contribution in [0.1, 0.15) is 20.3 Å². The highest BCUT2D eigenvalue weighted by Crippen LogP contribution is 2.08. The van der Waals surface area contributed by atoms with Crippen LogP contribution < -0.4 is 5.32 Å². The molecular formula is C12H25N3O2. The lowest BCUT2D eigenvalue weighted by Gasteiger charge is -2.33. The van der Waals surface area contributed by atoms with Gasteiger partial charge in [0.05, 0.1) is 0 Å². The SMILES string of the molecule is CCC(C)(NCCN1CCN(C)CC1)C(=O)O. The van der Waals surface area contributed by atoms with Crippen LogP contribution in [0.4, 0.5) is 0 Å². The van der Waals surface area contributed by atoms with Crippen molar-refractivity contribution in [3.8, 4) is 0 Å². The van der Waals surface area contributed by atoms with Gasteiger partial charge >= 0.3 is 5.97 Å². The molecule has 0 saturated carbocycles. The van der Waals surface area contributed by atoms with Gasteiger partial charge in [-0.1, -0.05) is 6.92 Å². The molecule has 1 heterocycles. The zero-order valence-electron chi connectivity index (χ0n) is 11.2. The highest BCUT2D eigenvalue weighted by molar-refractivity contribution is 5.78. The van der Waals surface area contributed by atoms with Gasteiger partial charge in [-0.2, -0.15) is 0 Å². The molecule has 1 aliphatic heterocycles. The van der Waals surface area contributed by atoms with Crippen molar-refractivity contribution in [2.45, 2.75) is 25.8 Å². The van der Waals surface area contributed by atoms with Crippen LogP contribution in [0.5, 0.6) is 0 Å². The van der Waals surface area contributed by atoms with Crippen LogP contribution in [0.2, 0.25) is 0 Å². The largest absolute Gasteiger partial charge is 0.480 e. The Labute approximate surface area is 104 Å². The van der Waals surface area contributed by atoms with Crippen molar-refractivity contribution >= 4 is 5.97 Å². The molecular weight excluding hydrogens is 218 g/mol. The summed E-state index contributed by atoms with van der Waals surface area (Å²) in [5.41, 5.74) is -0.785. The maximum Gasteiger partial charge on any atom is 0.323 e. The Morgan fingerprint density at radius 2 is 1.94 bits per heavy atom. The molecule has 1 aliphatic rings. The molecule has 100 valence electrons. The van der Waals surface area contributed by atoms with E-state index in [1.54, 1.807) is 6.92 Å². The Bertz CT molecular complexity index is 252. The second kappa shape index (κ2) is 6.33. The molecule has 17 heavy (non-hydrogen) atoms. The molecule has 1 fully saturated rings. The minimum atomic E-state index is -0.785. The summed E-state index contributed by atoms with van der Waals surface area (Å²) in [7, 11) is 2.13. The second-order valence-electron chi connectivity index (χ2n) is 5.06. The van der Waals surface area contributed by atoms with E-state index in [4.69, 9.17) is 5.11 Å². The molecule has 0 bridgehead atoms. The average Bonchev–Trinajstić information content (AvgIpc) is 2.31. The van der Waals surface area contributed by atoms with E-state index in [1.165, 1.54) is 0 Å². The molecule has 5 heteroatoms. The highest BCUT2D eigenvalue weighted by atomic mass is 16.4. The third-order valence-electron chi connectivity index (χ3n) is 3.72. The summed E-state index contributed by atoms with van der Waals surface area (Å²) in [5, 5.41) is 12.3. The van der Waals surface area contributed by atoms with E-state index in [1.807, 2.05) is 6.92 Å². The first-order valence-electron chi connectivity index (χ1n) is 6.37. The Morgan fingerprint density at radius 3 is 2.41 bits per heavy atom. The van der Waals surface area contributed by atoms with Gasteiger partial charge in [0, 0.05) is 39.3 Å². The third-order valence-corrected chi connectivity index (χ3v) is 3.72. The van der Waals surface area contributed by atoms with Gasteiger partial charge in [-0.3, -0.25) is 9.69 Å². The highest BCUT2D eigenvalue weighted by Gasteiger charge is 2.30. The van der Waals surface area contributed by atoms with Gasteiger partial charge in [0.15, 0.2) is 0 Å². The monoisotopic (exact) mass is 243 g/mol. The molecule has 0 aliphatic carbocycles. The van der Waals surface area contributed by atoms with Crippen molar-refractivity contribution in [3.05, 3.63) is 0 Å². The molecule has 0 radical (unpaired) electrons. The van der Waals surface area contributed by atoms with Gasteiger partial charge in [0.1, 0.15) is 5.54 Å². The Balaban J connectivity index is 2.25. The number of nitrogens with zero attached hydrogens (tertiary/aromatic N) is 2. The number of rotatable bonds is 6. The van der Waals surface area contributed by atoms with Crippen molar-refractivity contribution in [2.75, 3.05) is 46.3 Å². The fraction of sp³-hybridized carbons (Fsp3) is 0.917. The summed E-state index contributed by atoms with van der Waals surface area (Å²) in [6.07, 6.45) is 0.602. The van der Waals surface area contributed by atoms with Crippen molar-refractivity contribution in [2.24, 2.45) is 0 Å². The maximum absolute atomic E-state index is 11.1. The number of likely N-dealkylation sites (N-methyl/N-ethyl adjacent to an activating group) is 1. The number of nitrogens with one attached hydrogen (secondary N) is 1. The van der Waals surface area contributed by atoms with Crippen molar-refractivity contribution in [1.29, 1.82) is 0 Å². The van der Waals surface area contributed by atoms with Gasteiger partial charge in [-0.25, -0.2) is 0 Å². The summed E-state index contributed by atoms with van der Waals surface area (Å²) in [5.74, 6) is -0.765. The van der Waals surface area contributed by atoms with E-state index in [0.717, 1.165) is 39.3 Å². The molecule has 0 aromatic heterocycles. The summed E-state index contributed by atoms with van der Waals surface area (Å²) < 4.78 is 0. The van der Waals surface area contributed by atoms with E-state index in [9.17, 15) is 4.79 Å². The van der Waals surface area contributed by atoms with E-state index in [-0.39, 0.29) is 0 Å². The van der Waals surface area contributed by atoms with Crippen LogP contribution in [0.15, 0.2) is 0 Å². The normalized spacial score (nSPS) is 22.3. The smallest absolute Gasteiger partial charge is 0.323 e. The molecule has 0 amide bonds. The fourth-order valence-corrected chi connectivity index (χ4v) is 1.91. The number of carbonyl (C=O) groups is 1. The summed E-state index contributed by atoms with van der Waals surface area (Å²) in [6, 6.07) is 0. The van der Waals surface area contributed by atoms with Crippen molar-refractivity contribution in [1.82, 2.24) is 15.1 Å². The molecule has 0 spiro atoms. The number of carboxylic acids is 1. The van der Waals surface area contributed by atoms with Crippen LogP contribution >= 0.6 is 0 Å². The van der Waals surface area contributed by atoms with Crippen molar-refractivity contribution < 1.29 is 9.90 Å². The quantitative estimate of drug-likeness (QED) is 0.692. The van der Waals surface area contributed by atoms with Crippen LogP contribution in [-0.2, 0) is 4.79 Å². The van der Waals surface area contributed by atoms with E-state index in [0.29, 0.717) is 6.42 Å². The molecule has 1 unspecified atom stereocenters. The Kier molecular flexibility index (Phi) is 5.36. The molecule has 0 aromatic carbocycles. The molecule has 1 rings (SSSR count). The Hall–Kier alpha value is -0.650. The standard InChI is InChI=1S/C12H25N3O2/c1-4-12(2,11(16)17)13-5-6-15-9-7-14(3)8-10-15/h13H,4-10H2,1-3H3,(H,16,17). The molecule has 2 N–H and O–H groups in total. The minimum absolute atomic E-state index is 0.602. The van der Waals surface area contributed by atoms with Crippen LogP contribution in [0.3, 0.4) is 0 Å². The van der Waals surface area contributed by atoms with Gasteiger partial charge in [-0.15, -0.1) is 0 Å². The molecule has 1 atom stereocenters. The number of piperazine rings is 1. The summed E-state index contributed by atoms with van der Waals surface area (Å²) in [4.78, 5) is 15.8. The average molecular weight is 243 g/mol. The molecule has 1 saturated heterocycles. The lowest BCUT2D eigenvalue weighted by atomic mass is 9.99. The second-order valence-corrected chi connectivity index (χ2v) is 5.06. The first kappa shape index (κ1) is 14.4. The Morgan fingerprint density at radius 1 is 1.35 bits per heavy atom. The lowest BCUT2D eigenvalue weighted by molar-refractivity contribution is -0.144. The third kappa shape index (κ3) is 4.26. The topological polar surface area (TPSA) is 55.8 Å².